The van der Waals surface area contributed by atoms with Gasteiger partial charge in [0.2, 0.25) is 5.91 Å². The highest BCUT2D eigenvalue weighted by atomic mass is 32.1. The fourth-order valence-electron chi connectivity index (χ4n) is 3.49. The fraction of sp³-hybridized carbons (Fsp3) is 0.120. The highest BCUT2D eigenvalue weighted by Gasteiger charge is 2.31. The van der Waals surface area contributed by atoms with Crippen LogP contribution in [0.25, 0.3) is 22.5 Å². The summed E-state index contributed by atoms with van der Waals surface area (Å²) in [5, 5.41) is 19.0. The topological polar surface area (TPSA) is 143 Å². The van der Waals surface area contributed by atoms with E-state index in [1.165, 1.54) is 35.7 Å². The Hall–Kier alpha value is -5.05. The van der Waals surface area contributed by atoms with Crippen molar-refractivity contribution in [2.24, 2.45) is 0 Å². The summed E-state index contributed by atoms with van der Waals surface area (Å²) in [6, 6.07) is 9.69. The first-order chi connectivity index (χ1) is 19.0. The van der Waals surface area contributed by atoms with Crippen molar-refractivity contribution in [1.29, 1.82) is 0 Å². The van der Waals surface area contributed by atoms with Crippen LogP contribution < -0.4 is 15.6 Å². The number of amides is 1. The molecule has 0 aliphatic heterocycles. The van der Waals surface area contributed by atoms with Crippen LogP contribution in [0.1, 0.15) is 23.0 Å². The van der Waals surface area contributed by atoms with E-state index in [0.717, 1.165) is 46.4 Å². The second-order valence-corrected chi connectivity index (χ2v) is 8.73. The van der Waals surface area contributed by atoms with Crippen LogP contribution in [0.4, 0.5) is 23.9 Å². The molecule has 0 unspecified atom stereocenters. The SMILES string of the molecule is CCOC(=O)c1nn(-c2ccc(OC(F)(F)F)cc2)c(=O)c2c(NC(=O)/C=C/c3ccc([N+](=O)[O-])cc3)scc12. The van der Waals surface area contributed by atoms with Crippen molar-refractivity contribution in [3.8, 4) is 11.4 Å². The van der Waals surface area contributed by atoms with Gasteiger partial charge in [-0.15, -0.1) is 24.5 Å². The van der Waals surface area contributed by atoms with Gasteiger partial charge in [0, 0.05) is 29.0 Å². The van der Waals surface area contributed by atoms with E-state index in [1.54, 1.807) is 6.92 Å². The number of nitro groups is 1. The normalized spacial score (nSPS) is 11.5. The van der Waals surface area contributed by atoms with E-state index in [4.69, 9.17) is 4.74 Å². The molecule has 0 saturated heterocycles. The number of halogens is 3. The maximum absolute atomic E-state index is 13.4. The van der Waals surface area contributed by atoms with Gasteiger partial charge in [-0.3, -0.25) is 19.7 Å². The average molecular weight is 574 g/mol. The second-order valence-electron chi connectivity index (χ2n) is 7.85. The Balaban J connectivity index is 1.70. The first-order valence-corrected chi connectivity index (χ1v) is 12.2. The van der Waals surface area contributed by atoms with Crippen LogP contribution in [0.2, 0.25) is 0 Å². The number of non-ortho nitro benzene ring substituents is 1. The maximum atomic E-state index is 13.4. The summed E-state index contributed by atoms with van der Waals surface area (Å²) in [6.07, 6.45) is -2.36. The molecule has 0 atom stereocenters. The number of hydrogen-bond donors (Lipinski definition) is 1. The van der Waals surface area contributed by atoms with Crippen LogP contribution in [0.15, 0.2) is 64.8 Å². The quantitative estimate of drug-likeness (QED) is 0.133. The largest absolute Gasteiger partial charge is 0.573 e. The Kier molecular flexibility index (Phi) is 7.95. The molecule has 4 aromatic rings. The number of nitrogens with one attached hydrogen (secondary N) is 1. The van der Waals surface area contributed by atoms with E-state index in [-0.39, 0.29) is 39.4 Å². The van der Waals surface area contributed by atoms with Crippen LogP contribution >= 0.6 is 11.3 Å². The van der Waals surface area contributed by atoms with Gasteiger partial charge >= 0.3 is 12.3 Å². The van der Waals surface area contributed by atoms with E-state index in [0.29, 0.717) is 5.56 Å². The second kappa shape index (κ2) is 11.4. The average Bonchev–Trinajstić information content (AvgIpc) is 3.31. The minimum absolute atomic E-state index is 0.00573. The van der Waals surface area contributed by atoms with Crippen molar-refractivity contribution >= 4 is 50.8 Å². The number of benzene rings is 2. The van der Waals surface area contributed by atoms with Crippen molar-refractivity contribution in [2.75, 3.05) is 11.9 Å². The molecule has 0 aliphatic carbocycles. The molecule has 15 heteroatoms. The third-order valence-electron chi connectivity index (χ3n) is 5.20. The first-order valence-electron chi connectivity index (χ1n) is 11.3. The molecule has 0 bridgehead atoms. The lowest BCUT2D eigenvalue weighted by atomic mass is 10.2. The molecule has 11 nitrogen and oxygen atoms in total. The molecule has 0 fully saturated rings. The molecule has 2 aromatic heterocycles. The van der Waals surface area contributed by atoms with Gasteiger partial charge in [0.1, 0.15) is 10.8 Å². The molecule has 0 aliphatic rings. The minimum Gasteiger partial charge on any atom is -0.461 e. The number of carbonyl (C=O) groups excluding carboxylic acids is 2. The lowest BCUT2D eigenvalue weighted by Gasteiger charge is -2.11. The summed E-state index contributed by atoms with van der Waals surface area (Å²) in [5.74, 6) is -2.03. The number of hydrogen-bond acceptors (Lipinski definition) is 9. The van der Waals surface area contributed by atoms with Crippen LogP contribution in [0.3, 0.4) is 0 Å². The predicted octanol–water partition coefficient (Wildman–Crippen LogP) is 5.08. The summed E-state index contributed by atoms with van der Waals surface area (Å²) in [5.41, 5.74) is -0.593. The van der Waals surface area contributed by atoms with Crippen molar-refractivity contribution in [1.82, 2.24) is 9.78 Å². The van der Waals surface area contributed by atoms with E-state index in [9.17, 15) is 37.7 Å². The Labute approximate surface area is 226 Å². The number of thiophene rings is 1. The number of esters is 1. The van der Waals surface area contributed by atoms with Crippen LogP contribution in [0.5, 0.6) is 5.75 Å². The third kappa shape index (κ3) is 6.32. The molecule has 4 rings (SSSR count). The van der Waals surface area contributed by atoms with Gasteiger partial charge in [-0.25, -0.2) is 4.79 Å². The lowest BCUT2D eigenvalue weighted by Crippen LogP contribution is -2.25. The number of alkyl halides is 3. The number of carbonyl (C=O) groups is 2. The Morgan fingerprint density at radius 2 is 1.82 bits per heavy atom. The van der Waals surface area contributed by atoms with Crippen molar-refractivity contribution in [3.05, 3.63) is 91.7 Å². The molecule has 206 valence electrons. The minimum atomic E-state index is -4.91. The van der Waals surface area contributed by atoms with E-state index < -0.39 is 34.5 Å². The smallest absolute Gasteiger partial charge is 0.461 e. The molecule has 0 saturated carbocycles. The van der Waals surface area contributed by atoms with E-state index >= 15 is 0 Å². The molecular weight excluding hydrogens is 557 g/mol. The number of fused-ring (bicyclic) bond motifs is 1. The predicted molar refractivity (Wildman–Crippen MR) is 139 cm³/mol. The zero-order valence-electron chi connectivity index (χ0n) is 20.3. The van der Waals surface area contributed by atoms with Crippen LogP contribution in [-0.4, -0.2) is 39.5 Å². The standard InChI is InChI=1S/C25H17F3N4O7S/c1-2-38-24(35)21-18-13-40-22(29-19(33)12-5-14-3-6-16(7-4-14)32(36)37)20(18)23(34)31(30-21)15-8-10-17(11-9-15)39-25(26,27)28/h3-13H,2H2,1H3,(H,29,33)/b12-5+. The van der Waals surface area contributed by atoms with E-state index in [2.05, 4.69) is 15.2 Å². The molecule has 40 heavy (non-hydrogen) atoms. The van der Waals surface area contributed by atoms with E-state index in [1.807, 2.05) is 0 Å². The van der Waals surface area contributed by atoms with Crippen molar-refractivity contribution < 1.29 is 37.2 Å². The van der Waals surface area contributed by atoms with Gasteiger partial charge < -0.3 is 14.8 Å². The Morgan fingerprint density at radius 3 is 2.42 bits per heavy atom. The lowest BCUT2D eigenvalue weighted by molar-refractivity contribution is -0.384. The summed E-state index contributed by atoms with van der Waals surface area (Å²) in [7, 11) is 0. The summed E-state index contributed by atoms with van der Waals surface area (Å²) < 4.78 is 47.3. The number of aromatic nitrogens is 2. The van der Waals surface area contributed by atoms with Gasteiger partial charge in [-0.2, -0.15) is 9.78 Å². The van der Waals surface area contributed by atoms with Gasteiger partial charge in [0.15, 0.2) is 5.69 Å². The molecule has 2 aromatic carbocycles. The summed E-state index contributed by atoms with van der Waals surface area (Å²) >= 11 is 0.948. The summed E-state index contributed by atoms with van der Waals surface area (Å²) in [6.45, 7) is 1.58. The number of nitro benzene ring substituents is 1. The van der Waals surface area contributed by atoms with Gasteiger partial charge in [-0.05, 0) is 55.0 Å². The zero-order valence-corrected chi connectivity index (χ0v) is 21.1. The third-order valence-corrected chi connectivity index (χ3v) is 6.10. The molecule has 2 heterocycles. The van der Waals surface area contributed by atoms with Crippen molar-refractivity contribution in [2.45, 2.75) is 13.3 Å². The fourth-order valence-corrected chi connectivity index (χ4v) is 4.43. The molecular formula is C25H17F3N4O7S. The molecule has 1 N–H and O–H groups in total. The van der Waals surface area contributed by atoms with Crippen molar-refractivity contribution in [3.63, 3.8) is 0 Å². The summed E-state index contributed by atoms with van der Waals surface area (Å²) in [4.78, 5) is 48.9. The van der Waals surface area contributed by atoms with Gasteiger partial charge in [0.05, 0.1) is 22.6 Å². The zero-order chi connectivity index (χ0) is 29.0. The van der Waals surface area contributed by atoms with Gasteiger partial charge in [-0.1, -0.05) is 0 Å². The first kappa shape index (κ1) is 28.0. The Morgan fingerprint density at radius 1 is 1.15 bits per heavy atom. The van der Waals surface area contributed by atoms with Crippen LogP contribution in [0, 0.1) is 10.1 Å². The van der Waals surface area contributed by atoms with Crippen LogP contribution in [-0.2, 0) is 9.53 Å². The Bertz CT molecular complexity index is 1680. The molecule has 0 spiro atoms. The highest BCUT2D eigenvalue weighted by molar-refractivity contribution is 7.16. The number of nitrogens with zero attached hydrogens (tertiary/aromatic N) is 3. The molecule has 0 radical (unpaired) electrons. The molecule has 1 amide bonds. The monoisotopic (exact) mass is 574 g/mol. The maximum Gasteiger partial charge on any atom is 0.573 e. The highest BCUT2D eigenvalue weighted by Crippen LogP contribution is 2.31. The number of rotatable bonds is 8. The number of anilines is 1. The van der Waals surface area contributed by atoms with Gasteiger partial charge in [0.25, 0.3) is 11.2 Å². The number of ether oxygens (including phenoxy) is 2.